The van der Waals surface area contributed by atoms with Gasteiger partial charge in [0.2, 0.25) is 0 Å². The molecule has 0 aliphatic carbocycles. The minimum atomic E-state index is -0.212. The van der Waals surface area contributed by atoms with Gasteiger partial charge in [0.05, 0.1) is 5.69 Å². The maximum atomic E-state index is 10.6. The number of aromatic nitrogens is 2. The zero-order valence-corrected chi connectivity index (χ0v) is 5.28. The first-order chi connectivity index (χ1) is 4.86. The molecule has 0 bridgehead atoms. The lowest BCUT2D eigenvalue weighted by atomic mass is 10.4. The molecule has 52 valence electrons. The Labute approximate surface area is 57.4 Å². The minimum absolute atomic E-state index is 0.212. The van der Waals surface area contributed by atoms with Gasteiger partial charge < -0.3 is 4.74 Å². The highest BCUT2D eigenvalue weighted by Crippen LogP contribution is 2.06. The summed E-state index contributed by atoms with van der Waals surface area (Å²) in [6, 6.07) is 1.84. The lowest BCUT2D eigenvalue weighted by molar-refractivity contribution is -0.148. The fraction of sp³-hybridized carbons (Fsp3) is 0.333. The first-order valence-corrected chi connectivity index (χ1v) is 3.02. The molecule has 0 N–H and O–H groups in total. The summed E-state index contributed by atoms with van der Waals surface area (Å²) in [6.07, 6.45) is 1.66. The van der Waals surface area contributed by atoms with Gasteiger partial charge in [-0.1, -0.05) is 0 Å². The maximum Gasteiger partial charge on any atom is 0.328 e. The molecule has 0 atom stereocenters. The molecule has 1 aromatic rings. The zero-order chi connectivity index (χ0) is 6.97. The van der Waals surface area contributed by atoms with Gasteiger partial charge in [-0.3, -0.25) is 9.48 Å². The summed E-state index contributed by atoms with van der Waals surface area (Å²) in [5, 5.41) is 3.92. The molecule has 2 heterocycles. The van der Waals surface area contributed by atoms with Crippen molar-refractivity contribution in [2.24, 2.45) is 0 Å². The van der Waals surface area contributed by atoms with Crippen LogP contribution in [-0.4, -0.2) is 15.7 Å². The van der Waals surface area contributed by atoms with Crippen LogP contribution in [0.15, 0.2) is 12.3 Å². The minimum Gasteiger partial charge on any atom is -0.458 e. The summed E-state index contributed by atoms with van der Waals surface area (Å²) in [6.45, 7) is 0.612. The van der Waals surface area contributed by atoms with Gasteiger partial charge in [-0.15, -0.1) is 0 Å². The van der Waals surface area contributed by atoms with Crippen LogP contribution in [0.3, 0.4) is 0 Å². The Morgan fingerprint density at radius 2 is 2.60 bits per heavy atom. The number of cyclic esters (lactones) is 1. The highest BCUT2D eigenvalue weighted by Gasteiger charge is 2.15. The smallest absolute Gasteiger partial charge is 0.328 e. The number of rotatable bonds is 0. The van der Waals surface area contributed by atoms with E-state index in [1.165, 1.54) is 0 Å². The Kier molecular flexibility index (Phi) is 1.00. The normalized spacial score (nSPS) is 16.2. The van der Waals surface area contributed by atoms with Gasteiger partial charge in [0.25, 0.3) is 0 Å². The Morgan fingerprint density at radius 1 is 1.70 bits per heavy atom. The van der Waals surface area contributed by atoms with Gasteiger partial charge in [-0.05, 0) is 6.07 Å². The highest BCUT2D eigenvalue weighted by molar-refractivity contribution is 5.69. The van der Waals surface area contributed by atoms with E-state index >= 15 is 0 Å². The molecule has 4 nitrogen and oxygen atoms in total. The monoisotopic (exact) mass is 138 g/mol. The number of carbonyl (C=O) groups excluding carboxylic acids is 1. The third-order valence-corrected chi connectivity index (χ3v) is 1.46. The molecule has 1 aliphatic rings. The molecule has 4 heteroatoms. The molecule has 0 radical (unpaired) electrons. The van der Waals surface area contributed by atoms with E-state index in [0.29, 0.717) is 6.61 Å². The molecule has 0 fully saturated rings. The molecule has 0 amide bonds. The van der Waals surface area contributed by atoms with Gasteiger partial charge in [-0.2, -0.15) is 5.10 Å². The number of hydrogen-bond acceptors (Lipinski definition) is 3. The standard InChI is InChI=1S/C6H6N2O2/c9-6-3-8-5(4-10-6)1-2-7-8/h1-2H,3-4H2. The van der Waals surface area contributed by atoms with Crippen molar-refractivity contribution in [3.8, 4) is 0 Å². The van der Waals surface area contributed by atoms with Crippen molar-refractivity contribution in [3.63, 3.8) is 0 Å². The number of carbonyl (C=O) groups is 1. The number of nitrogens with zero attached hydrogens (tertiary/aromatic N) is 2. The van der Waals surface area contributed by atoms with E-state index in [-0.39, 0.29) is 12.5 Å². The molecule has 0 aromatic carbocycles. The summed E-state index contributed by atoms with van der Waals surface area (Å²) >= 11 is 0. The van der Waals surface area contributed by atoms with Gasteiger partial charge in [0.15, 0.2) is 0 Å². The third-order valence-electron chi connectivity index (χ3n) is 1.46. The topological polar surface area (TPSA) is 44.1 Å². The van der Waals surface area contributed by atoms with Crippen molar-refractivity contribution in [2.75, 3.05) is 0 Å². The molecule has 1 aliphatic heterocycles. The summed E-state index contributed by atoms with van der Waals surface area (Å²) in [4.78, 5) is 10.6. The largest absolute Gasteiger partial charge is 0.458 e. The Balaban J connectivity index is 2.39. The van der Waals surface area contributed by atoms with E-state index in [9.17, 15) is 4.79 Å². The van der Waals surface area contributed by atoms with Crippen molar-refractivity contribution in [1.82, 2.24) is 9.78 Å². The molecule has 0 unspecified atom stereocenters. The van der Waals surface area contributed by atoms with Crippen LogP contribution in [-0.2, 0) is 22.7 Å². The lowest BCUT2D eigenvalue weighted by Crippen LogP contribution is -2.22. The van der Waals surface area contributed by atoms with Gasteiger partial charge >= 0.3 is 5.97 Å². The number of fused-ring (bicyclic) bond motifs is 1. The first kappa shape index (κ1) is 5.46. The van der Waals surface area contributed by atoms with E-state index in [2.05, 4.69) is 5.10 Å². The molecular weight excluding hydrogens is 132 g/mol. The third kappa shape index (κ3) is 0.689. The zero-order valence-electron chi connectivity index (χ0n) is 5.28. The second-order valence-electron chi connectivity index (χ2n) is 2.14. The van der Waals surface area contributed by atoms with Crippen molar-refractivity contribution < 1.29 is 9.53 Å². The van der Waals surface area contributed by atoms with Crippen LogP contribution in [0, 0.1) is 0 Å². The SMILES string of the molecule is O=C1Cn2nccc2CO1. The highest BCUT2D eigenvalue weighted by atomic mass is 16.5. The van der Waals surface area contributed by atoms with Crippen LogP contribution in [0.25, 0.3) is 0 Å². The maximum absolute atomic E-state index is 10.6. The van der Waals surface area contributed by atoms with Crippen molar-refractivity contribution in [2.45, 2.75) is 13.2 Å². The van der Waals surface area contributed by atoms with Crippen LogP contribution < -0.4 is 0 Å². The number of hydrogen-bond donors (Lipinski definition) is 0. The Bertz CT molecular complexity index is 266. The van der Waals surface area contributed by atoms with E-state index in [0.717, 1.165) is 5.69 Å². The van der Waals surface area contributed by atoms with Crippen molar-refractivity contribution in [1.29, 1.82) is 0 Å². The van der Waals surface area contributed by atoms with Gasteiger partial charge in [-0.25, -0.2) is 0 Å². The van der Waals surface area contributed by atoms with Crippen molar-refractivity contribution in [3.05, 3.63) is 18.0 Å². The van der Waals surface area contributed by atoms with Crippen LogP contribution >= 0.6 is 0 Å². The van der Waals surface area contributed by atoms with Gasteiger partial charge in [0, 0.05) is 6.20 Å². The van der Waals surface area contributed by atoms with Crippen LogP contribution in [0.5, 0.6) is 0 Å². The molecule has 0 saturated heterocycles. The fourth-order valence-electron chi connectivity index (χ4n) is 0.947. The molecule has 2 rings (SSSR count). The summed E-state index contributed by atoms with van der Waals surface area (Å²) in [5.41, 5.74) is 0.958. The predicted octanol–water partition coefficient (Wildman–Crippen LogP) is -0.0601. The second-order valence-corrected chi connectivity index (χ2v) is 2.14. The summed E-state index contributed by atoms with van der Waals surface area (Å²) in [7, 11) is 0. The quantitative estimate of drug-likeness (QED) is 0.472. The van der Waals surface area contributed by atoms with Crippen LogP contribution in [0.1, 0.15) is 5.69 Å². The average molecular weight is 138 g/mol. The Morgan fingerprint density at radius 3 is 3.50 bits per heavy atom. The lowest BCUT2D eigenvalue weighted by Gasteiger charge is -2.12. The van der Waals surface area contributed by atoms with Crippen LogP contribution in [0.4, 0.5) is 0 Å². The molecule has 0 saturated carbocycles. The van der Waals surface area contributed by atoms with E-state index in [4.69, 9.17) is 4.74 Å². The fourth-order valence-corrected chi connectivity index (χ4v) is 0.947. The summed E-state index contributed by atoms with van der Waals surface area (Å²) < 4.78 is 6.41. The van der Waals surface area contributed by atoms with E-state index in [1.54, 1.807) is 10.9 Å². The molecular formula is C6H6N2O2. The van der Waals surface area contributed by atoms with Gasteiger partial charge in [0.1, 0.15) is 13.2 Å². The van der Waals surface area contributed by atoms with Crippen LogP contribution in [0.2, 0.25) is 0 Å². The number of ether oxygens (including phenoxy) is 1. The van der Waals surface area contributed by atoms with Crippen molar-refractivity contribution >= 4 is 5.97 Å². The van der Waals surface area contributed by atoms with E-state index < -0.39 is 0 Å². The molecule has 1 aromatic heterocycles. The van der Waals surface area contributed by atoms with E-state index in [1.807, 2.05) is 6.07 Å². The first-order valence-electron chi connectivity index (χ1n) is 3.02. The Hall–Kier alpha value is -1.32. The summed E-state index contributed by atoms with van der Waals surface area (Å²) in [5.74, 6) is -0.212. The predicted molar refractivity (Wildman–Crippen MR) is 32.0 cm³/mol. The molecule has 0 spiro atoms. The second kappa shape index (κ2) is 1.83. The number of esters is 1. The molecule has 10 heavy (non-hydrogen) atoms. The average Bonchev–Trinajstić information content (AvgIpc) is 2.33.